The molecule has 1 atom stereocenters. The van der Waals surface area contributed by atoms with Crippen LogP contribution in [-0.2, 0) is 9.47 Å². The Morgan fingerprint density at radius 1 is 1.03 bits per heavy atom. The third-order valence-electron chi connectivity index (χ3n) is 6.63. The quantitative estimate of drug-likeness (QED) is 0.159. The number of quaternary nitrogens is 1. The van der Waals surface area contributed by atoms with Gasteiger partial charge < -0.3 is 14.2 Å². The molecule has 0 amide bonds. The number of nitrogens with zero attached hydrogens (tertiary/aromatic N) is 3. The Morgan fingerprint density at radius 3 is 2.42 bits per heavy atom. The third kappa shape index (κ3) is 8.56. The molecule has 8 heteroatoms. The second-order valence-corrected chi connectivity index (χ2v) is 10.2. The van der Waals surface area contributed by atoms with E-state index in [4.69, 9.17) is 14.2 Å². The fourth-order valence-electron chi connectivity index (χ4n) is 4.05. The summed E-state index contributed by atoms with van der Waals surface area (Å²) in [4.78, 5) is 12.4. The maximum Gasteiger partial charge on any atom is 0.512 e. The van der Waals surface area contributed by atoms with Crippen LogP contribution in [0.2, 0.25) is 0 Å². The SMILES string of the molecule is CCCCCCCOC(=O)OC(C)(C)[N+]1(C)CCC=C(c2nsnc2OCCCCCC)C1. The highest BCUT2D eigenvalue weighted by molar-refractivity contribution is 6.99. The summed E-state index contributed by atoms with van der Waals surface area (Å²) in [5, 5.41) is 0. The van der Waals surface area contributed by atoms with Crippen LogP contribution >= 0.6 is 11.7 Å². The van der Waals surface area contributed by atoms with E-state index in [0.717, 1.165) is 43.5 Å². The van der Waals surface area contributed by atoms with Gasteiger partial charge in [-0.3, -0.25) is 4.48 Å². The lowest BCUT2D eigenvalue weighted by molar-refractivity contribution is -0.971. The highest BCUT2D eigenvalue weighted by Crippen LogP contribution is 2.35. The topological polar surface area (TPSA) is 70.5 Å². The summed E-state index contributed by atoms with van der Waals surface area (Å²) >= 11 is 1.18. The van der Waals surface area contributed by atoms with Crippen molar-refractivity contribution in [2.45, 2.75) is 97.6 Å². The molecule has 0 aliphatic carbocycles. The van der Waals surface area contributed by atoms with Gasteiger partial charge in [-0.2, -0.15) is 4.37 Å². The molecule has 188 valence electrons. The van der Waals surface area contributed by atoms with E-state index in [2.05, 4.69) is 35.7 Å². The number of ether oxygens (including phenoxy) is 3. The molecule has 1 aromatic heterocycles. The van der Waals surface area contributed by atoms with Crippen molar-refractivity contribution in [1.82, 2.24) is 8.75 Å². The monoisotopic (exact) mass is 482 g/mol. The van der Waals surface area contributed by atoms with Crippen LogP contribution in [0.5, 0.6) is 5.88 Å². The van der Waals surface area contributed by atoms with E-state index >= 15 is 0 Å². The van der Waals surface area contributed by atoms with Crippen LogP contribution in [0.3, 0.4) is 0 Å². The first-order valence-electron chi connectivity index (χ1n) is 12.7. The van der Waals surface area contributed by atoms with Gasteiger partial charge in [-0.1, -0.05) is 64.9 Å². The van der Waals surface area contributed by atoms with E-state index in [-0.39, 0.29) is 0 Å². The number of carbonyl (C=O) groups excluding carboxylic acids is 1. The minimum Gasteiger partial charge on any atom is -0.475 e. The van der Waals surface area contributed by atoms with Crippen molar-refractivity contribution < 1.29 is 23.5 Å². The lowest BCUT2D eigenvalue weighted by Crippen LogP contribution is -2.62. The number of likely N-dealkylation sites (N-methyl/N-ethyl adjacent to an activating group) is 1. The number of aromatic nitrogens is 2. The average Bonchev–Trinajstić information content (AvgIpc) is 3.24. The van der Waals surface area contributed by atoms with Crippen LogP contribution in [-0.4, -0.2) is 58.5 Å². The van der Waals surface area contributed by atoms with Gasteiger partial charge in [0.05, 0.1) is 38.5 Å². The molecule has 0 aromatic carbocycles. The Kier molecular flexibility index (Phi) is 11.6. The molecule has 0 spiro atoms. The summed E-state index contributed by atoms with van der Waals surface area (Å²) in [7, 11) is 2.12. The molecule has 0 saturated carbocycles. The smallest absolute Gasteiger partial charge is 0.475 e. The van der Waals surface area contributed by atoms with E-state index in [9.17, 15) is 4.79 Å². The third-order valence-corrected chi connectivity index (χ3v) is 7.14. The molecular formula is C25H44N3O4S+. The number of hydrogen-bond acceptors (Lipinski definition) is 7. The van der Waals surface area contributed by atoms with Crippen molar-refractivity contribution >= 4 is 23.5 Å². The molecule has 1 aliphatic heterocycles. The molecule has 2 heterocycles. The first kappa shape index (κ1) is 27.6. The van der Waals surface area contributed by atoms with Crippen molar-refractivity contribution in [3.05, 3.63) is 11.8 Å². The number of rotatable bonds is 15. The molecule has 0 fully saturated rings. The second-order valence-electron chi connectivity index (χ2n) is 9.68. The molecule has 1 aromatic rings. The van der Waals surface area contributed by atoms with Crippen molar-refractivity contribution in [3.8, 4) is 5.88 Å². The molecule has 0 radical (unpaired) electrons. The van der Waals surface area contributed by atoms with Gasteiger partial charge in [0.25, 0.3) is 5.88 Å². The summed E-state index contributed by atoms with van der Waals surface area (Å²) in [6.07, 6.45) is 12.7. The fraction of sp³-hybridized carbons (Fsp3) is 0.800. The van der Waals surface area contributed by atoms with Crippen molar-refractivity contribution in [2.24, 2.45) is 0 Å². The van der Waals surface area contributed by atoms with Gasteiger partial charge in [-0.15, -0.1) is 4.37 Å². The number of hydrogen-bond donors (Lipinski definition) is 0. The maximum absolute atomic E-state index is 12.4. The molecule has 1 aliphatic rings. The minimum absolute atomic E-state index is 0.414. The van der Waals surface area contributed by atoms with Gasteiger partial charge in [-0.25, -0.2) is 4.79 Å². The van der Waals surface area contributed by atoms with E-state index in [1.165, 1.54) is 50.3 Å². The minimum atomic E-state index is -0.733. The summed E-state index contributed by atoms with van der Waals surface area (Å²) in [5.41, 5.74) is 1.19. The van der Waals surface area contributed by atoms with E-state index in [1.54, 1.807) is 0 Å². The normalized spacial score (nSPS) is 18.6. The Labute approximate surface area is 204 Å². The summed E-state index contributed by atoms with van der Waals surface area (Å²) in [6.45, 7) is 10.9. The Bertz CT molecular complexity index is 750. The van der Waals surface area contributed by atoms with Gasteiger partial charge >= 0.3 is 6.16 Å². The van der Waals surface area contributed by atoms with E-state index in [0.29, 0.717) is 30.1 Å². The van der Waals surface area contributed by atoms with E-state index < -0.39 is 11.9 Å². The Morgan fingerprint density at radius 2 is 1.70 bits per heavy atom. The van der Waals surface area contributed by atoms with Gasteiger partial charge in [0.2, 0.25) is 5.72 Å². The molecular weight excluding hydrogens is 438 g/mol. The van der Waals surface area contributed by atoms with Crippen LogP contribution in [0.15, 0.2) is 6.08 Å². The lowest BCUT2D eigenvalue weighted by Gasteiger charge is -2.47. The molecule has 1 unspecified atom stereocenters. The predicted molar refractivity (Wildman–Crippen MR) is 133 cm³/mol. The zero-order valence-corrected chi connectivity index (χ0v) is 22.2. The zero-order valence-electron chi connectivity index (χ0n) is 21.4. The van der Waals surface area contributed by atoms with Crippen LogP contribution < -0.4 is 4.74 Å². The van der Waals surface area contributed by atoms with Crippen LogP contribution in [0.4, 0.5) is 4.79 Å². The lowest BCUT2D eigenvalue weighted by atomic mass is 10.0. The standard InChI is InChI=1S/C25H44N3O4S/c1-6-8-10-12-14-19-31-24(29)32-25(3,4)28(5)17-15-16-21(20-28)22-23(27-33-26-22)30-18-13-11-9-7-2/h16H,6-15,17-20H2,1-5H3/q+1. The van der Waals surface area contributed by atoms with Gasteiger partial charge in [-0.05, 0) is 12.8 Å². The highest BCUT2D eigenvalue weighted by atomic mass is 32.1. The molecule has 0 saturated heterocycles. The Balaban J connectivity index is 1.91. The summed E-state index contributed by atoms with van der Waals surface area (Å²) < 4.78 is 26.6. The number of unbranched alkanes of at least 4 members (excludes halogenated alkanes) is 7. The molecule has 7 nitrogen and oxygen atoms in total. The Hall–Kier alpha value is -1.67. The summed E-state index contributed by atoms with van der Waals surface area (Å²) in [5.74, 6) is 0.623. The maximum atomic E-state index is 12.4. The number of carbonyl (C=O) groups is 1. The van der Waals surface area contributed by atoms with Crippen LogP contribution in [0.1, 0.15) is 97.6 Å². The zero-order chi connectivity index (χ0) is 24.2. The van der Waals surface area contributed by atoms with Gasteiger partial charge in [0.1, 0.15) is 12.2 Å². The van der Waals surface area contributed by atoms with Crippen molar-refractivity contribution in [2.75, 3.05) is 33.4 Å². The molecule has 0 bridgehead atoms. The van der Waals surface area contributed by atoms with Crippen molar-refractivity contribution in [3.63, 3.8) is 0 Å². The van der Waals surface area contributed by atoms with E-state index in [1.807, 2.05) is 13.8 Å². The largest absolute Gasteiger partial charge is 0.512 e. The van der Waals surface area contributed by atoms with Crippen LogP contribution in [0, 0.1) is 0 Å². The van der Waals surface area contributed by atoms with Crippen LogP contribution in [0.25, 0.3) is 5.57 Å². The second kappa shape index (κ2) is 13.9. The summed E-state index contributed by atoms with van der Waals surface area (Å²) in [6, 6.07) is 0. The molecule has 33 heavy (non-hydrogen) atoms. The first-order valence-corrected chi connectivity index (χ1v) is 13.4. The molecule has 0 N–H and O–H groups in total. The average molecular weight is 483 g/mol. The predicted octanol–water partition coefficient (Wildman–Crippen LogP) is 6.59. The fourth-order valence-corrected chi connectivity index (χ4v) is 4.58. The first-order chi connectivity index (χ1) is 15.8. The van der Waals surface area contributed by atoms with Gasteiger partial charge in [0.15, 0.2) is 0 Å². The highest BCUT2D eigenvalue weighted by Gasteiger charge is 2.46. The van der Waals surface area contributed by atoms with Gasteiger partial charge in [0, 0.05) is 25.8 Å². The molecule has 2 rings (SSSR count). The van der Waals surface area contributed by atoms with Crippen molar-refractivity contribution in [1.29, 1.82) is 0 Å².